The molecule has 1 heterocycles. The zero-order valence-electron chi connectivity index (χ0n) is 16.9. The number of carbonyl (C=O) groups excluding carboxylic acids is 4. The first-order valence-electron chi connectivity index (χ1n) is 8.84. The van der Waals surface area contributed by atoms with E-state index in [1.807, 2.05) is 0 Å². The van der Waals surface area contributed by atoms with Gasteiger partial charge in [-0.05, 0) is 6.42 Å². The number of hydrogen-bond donors (Lipinski definition) is 1. The van der Waals surface area contributed by atoms with Gasteiger partial charge in [-0.3, -0.25) is 19.2 Å². The first kappa shape index (κ1) is 22.9. The predicted octanol–water partition coefficient (Wildman–Crippen LogP) is 1.08. The van der Waals surface area contributed by atoms with Crippen molar-refractivity contribution in [1.82, 2.24) is 5.32 Å². The number of rotatable bonds is 5. The molecule has 5 atom stereocenters. The van der Waals surface area contributed by atoms with E-state index in [9.17, 15) is 19.2 Å². The molecule has 0 bridgehead atoms. The lowest BCUT2D eigenvalue weighted by atomic mass is 9.91. The topological polar surface area (TPSA) is 117 Å². The molecule has 1 aliphatic rings. The van der Waals surface area contributed by atoms with Crippen molar-refractivity contribution >= 4 is 23.8 Å². The van der Waals surface area contributed by atoms with E-state index in [1.54, 1.807) is 27.7 Å². The molecule has 27 heavy (non-hydrogen) atoms. The molecule has 1 fully saturated rings. The van der Waals surface area contributed by atoms with Crippen LogP contribution in [0.15, 0.2) is 0 Å². The first-order chi connectivity index (χ1) is 12.4. The van der Waals surface area contributed by atoms with Crippen molar-refractivity contribution in [3.05, 3.63) is 0 Å². The van der Waals surface area contributed by atoms with Crippen LogP contribution in [0, 0.1) is 5.41 Å². The average molecular weight is 387 g/mol. The van der Waals surface area contributed by atoms with Gasteiger partial charge >= 0.3 is 17.9 Å². The average Bonchev–Trinajstić information content (AvgIpc) is 2.50. The first-order valence-corrected chi connectivity index (χ1v) is 8.84. The molecule has 5 unspecified atom stereocenters. The lowest BCUT2D eigenvalue weighted by molar-refractivity contribution is -0.265. The summed E-state index contributed by atoms with van der Waals surface area (Å²) in [6, 6.07) is -1.04. The van der Waals surface area contributed by atoms with Crippen molar-refractivity contribution in [2.75, 3.05) is 0 Å². The van der Waals surface area contributed by atoms with Crippen LogP contribution in [0.5, 0.6) is 0 Å². The van der Waals surface area contributed by atoms with Crippen molar-refractivity contribution in [3.63, 3.8) is 0 Å². The normalized spacial score (nSPS) is 28.0. The van der Waals surface area contributed by atoms with Gasteiger partial charge in [0.1, 0.15) is 12.1 Å². The highest BCUT2D eigenvalue weighted by Crippen LogP contribution is 2.29. The lowest BCUT2D eigenvalue weighted by Crippen LogP contribution is -2.66. The smallest absolute Gasteiger partial charge is 0.305 e. The van der Waals surface area contributed by atoms with Crippen LogP contribution in [0.2, 0.25) is 0 Å². The summed E-state index contributed by atoms with van der Waals surface area (Å²) in [7, 11) is 0. The quantitative estimate of drug-likeness (QED) is 0.550. The third-order valence-corrected chi connectivity index (χ3v) is 3.91. The van der Waals surface area contributed by atoms with E-state index in [-0.39, 0.29) is 5.91 Å². The molecular formula is C18H29NO8. The molecule has 0 aromatic heterocycles. The summed E-state index contributed by atoms with van der Waals surface area (Å²) in [5.41, 5.74) is -0.764. The molecule has 0 radical (unpaired) electrons. The van der Waals surface area contributed by atoms with Gasteiger partial charge < -0.3 is 24.3 Å². The zero-order chi connectivity index (χ0) is 20.9. The molecule has 0 spiro atoms. The number of nitrogens with one attached hydrogen (secondary N) is 1. The second-order valence-corrected chi connectivity index (χ2v) is 7.46. The van der Waals surface area contributed by atoms with E-state index in [2.05, 4.69) is 5.32 Å². The molecular weight excluding hydrogens is 358 g/mol. The highest BCUT2D eigenvalue weighted by atomic mass is 16.7. The van der Waals surface area contributed by atoms with E-state index in [0.29, 0.717) is 6.42 Å². The predicted molar refractivity (Wildman–Crippen MR) is 93.2 cm³/mol. The van der Waals surface area contributed by atoms with Crippen LogP contribution in [0.4, 0.5) is 0 Å². The van der Waals surface area contributed by atoms with Gasteiger partial charge in [-0.15, -0.1) is 0 Å². The van der Waals surface area contributed by atoms with Crippen LogP contribution in [-0.4, -0.2) is 54.5 Å². The van der Waals surface area contributed by atoms with Gasteiger partial charge in [0.05, 0.1) is 0 Å². The second-order valence-electron chi connectivity index (χ2n) is 7.46. The third kappa shape index (κ3) is 6.50. The standard InChI is InChI=1S/C18H29NO8/c1-8-12-14(24-9(2)20)15(25-10(3)21)13(16(27-12)26-11(4)22)19-17(23)18(5,6)7/h12-16H,8H2,1-7H3,(H,19,23). The Kier molecular flexibility index (Phi) is 7.77. The minimum atomic E-state index is -1.20. The Balaban J connectivity index is 3.32. The van der Waals surface area contributed by atoms with Crippen molar-refractivity contribution in [2.45, 2.75) is 85.5 Å². The Bertz CT molecular complexity index is 582. The molecule has 1 rings (SSSR count). The maximum absolute atomic E-state index is 12.5. The van der Waals surface area contributed by atoms with E-state index in [1.165, 1.54) is 20.8 Å². The highest BCUT2D eigenvalue weighted by Gasteiger charge is 2.51. The van der Waals surface area contributed by atoms with Crippen LogP contribution in [-0.2, 0) is 38.1 Å². The fraction of sp³-hybridized carbons (Fsp3) is 0.778. The molecule has 0 aromatic carbocycles. The molecule has 9 heteroatoms. The largest absolute Gasteiger partial charge is 0.456 e. The summed E-state index contributed by atoms with van der Waals surface area (Å²) in [5.74, 6) is -2.23. The van der Waals surface area contributed by atoms with E-state index in [4.69, 9.17) is 18.9 Å². The molecule has 1 saturated heterocycles. The van der Waals surface area contributed by atoms with Crippen LogP contribution in [0.3, 0.4) is 0 Å². The summed E-state index contributed by atoms with van der Waals surface area (Å²) in [6.45, 7) is 10.5. The fourth-order valence-corrected chi connectivity index (χ4v) is 2.68. The summed E-state index contributed by atoms with van der Waals surface area (Å²) >= 11 is 0. The number of hydrogen-bond acceptors (Lipinski definition) is 8. The van der Waals surface area contributed by atoms with Gasteiger partial charge in [-0.1, -0.05) is 27.7 Å². The number of ether oxygens (including phenoxy) is 4. The second kappa shape index (κ2) is 9.16. The van der Waals surface area contributed by atoms with Gasteiger partial charge in [0.15, 0.2) is 12.2 Å². The van der Waals surface area contributed by atoms with Gasteiger partial charge in [-0.25, -0.2) is 0 Å². The monoisotopic (exact) mass is 387 g/mol. The van der Waals surface area contributed by atoms with E-state index >= 15 is 0 Å². The van der Waals surface area contributed by atoms with E-state index in [0.717, 1.165) is 0 Å². The minimum Gasteiger partial charge on any atom is -0.456 e. The van der Waals surface area contributed by atoms with Crippen LogP contribution < -0.4 is 5.32 Å². The summed E-state index contributed by atoms with van der Waals surface area (Å²) in [4.78, 5) is 47.3. The Hall–Kier alpha value is -2.16. The summed E-state index contributed by atoms with van der Waals surface area (Å²) < 4.78 is 21.7. The molecule has 0 aromatic rings. The Morgan fingerprint density at radius 2 is 1.37 bits per heavy atom. The molecule has 1 aliphatic heterocycles. The third-order valence-electron chi connectivity index (χ3n) is 3.91. The molecule has 0 saturated carbocycles. The van der Waals surface area contributed by atoms with Gasteiger partial charge in [0.25, 0.3) is 0 Å². The maximum Gasteiger partial charge on any atom is 0.305 e. The molecule has 154 valence electrons. The molecule has 1 N–H and O–H groups in total. The maximum atomic E-state index is 12.5. The van der Waals surface area contributed by atoms with E-state index < -0.39 is 54.0 Å². The van der Waals surface area contributed by atoms with Gasteiger partial charge in [0, 0.05) is 26.2 Å². The summed E-state index contributed by atoms with van der Waals surface area (Å²) in [5, 5.41) is 2.71. The minimum absolute atomic E-state index is 0.373. The van der Waals surface area contributed by atoms with Crippen LogP contribution in [0.1, 0.15) is 54.9 Å². The Morgan fingerprint density at radius 1 is 0.889 bits per heavy atom. The Labute approximate surface area is 159 Å². The molecule has 1 amide bonds. The SMILES string of the molecule is CCC1OC(OC(C)=O)C(NC(=O)C(C)(C)C)C(OC(C)=O)C1OC(C)=O. The van der Waals surface area contributed by atoms with Gasteiger partial charge in [0.2, 0.25) is 12.2 Å². The van der Waals surface area contributed by atoms with Crippen molar-refractivity contribution < 1.29 is 38.1 Å². The number of esters is 3. The highest BCUT2D eigenvalue weighted by molar-refractivity contribution is 5.82. The van der Waals surface area contributed by atoms with Crippen molar-refractivity contribution in [3.8, 4) is 0 Å². The van der Waals surface area contributed by atoms with Crippen molar-refractivity contribution in [2.24, 2.45) is 5.41 Å². The number of amides is 1. The van der Waals surface area contributed by atoms with Crippen LogP contribution in [0.25, 0.3) is 0 Å². The Morgan fingerprint density at radius 3 is 1.78 bits per heavy atom. The zero-order valence-corrected chi connectivity index (χ0v) is 16.9. The lowest BCUT2D eigenvalue weighted by Gasteiger charge is -2.45. The summed E-state index contributed by atoms with van der Waals surface area (Å²) in [6.07, 6.45) is -3.54. The molecule has 9 nitrogen and oxygen atoms in total. The van der Waals surface area contributed by atoms with Gasteiger partial charge in [-0.2, -0.15) is 0 Å². The van der Waals surface area contributed by atoms with Crippen LogP contribution >= 0.6 is 0 Å². The fourth-order valence-electron chi connectivity index (χ4n) is 2.68. The van der Waals surface area contributed by atoms with Crippen molar-refractivity contribution in [1.29, 1.82) is 0 Å². The molecule has 0 aliphatic carbocycles. The number of carbonyl (C=O) groups is 4.